The number of hydrogen-bond donors (Lipinski definition) is 0. The van der Waals surface area contributed by atoms with Crippen LogP contribution in [-0.4, -0.2) is 20.6 Å². The van der Waals surface area contributed by atoms with Crippen molar-refractivity contribution in [1.29, 1.82) is 0 Å². The van der Waals surface area contributed by atoms with E-state index in [1.807, 2.05) is 12.1 Å². The van der Waals surface area contributed by atoms with E-state index >= 15 is 0 Å². The first kappa shape index (κ1) is 9.01. The van der Waals surface area contributed by atoms with Crippen LogP contribution in [0.1, 0.15) is 0 Å². The normalized spacial score (nSPS) is 11.2. The Kier molecular flexibility index (Phi) is 2.66. The second-order valence-electron chi connectivity index (χ2n) is 3.49. The van der Waals surface area contributed by atoms with Crippen molar-refractivity contribution >= 4 is 5.69 Å². The van der Waals surface area contributed by atoms with Gasteiger partial charge in [-0.3, -0.25) is 4.48 Å². The molecule has 0 aliphatic rings. The van der Waals surface area contributed by atoms with E-state index in [1.54, 1.807) is 0 Å². The van der Waals surface area contributed by atoms with Crippen LogP contribution >= 0.6 is 0 Å². The van der Waals surface area contributed by atoms with Gasteiger partial charge in [0.15, 0.2) is 0 Å². The maximum Gasteiger partial charge on any atom is 0.132 e. The van der Waals surface area contributed by atoms with E-state index in [2.05, 4.69) is 44.9 Å². The minimum Gasteiger partial charge on any atom is -0.293 e. The predicted molar refractivity (Wildman–Crippen MR) is 55.1 cm³/mol. The number of para-hydroxylation sites is 1. The van der Waals surface area contributed by atoms with Crippen LogP contribution in [0.4, 0.5) is 5.69 Å². The molecule has 0 saturated heterocycles. The molecule has 12 heavy (non-hydrogen) atoms. The molecule has 0 saturated carbocycles. The van der Waals surface area contributed by atoms with Crippen molar-refractivity contribution in [3.05, 3.63) is 43.0 Å². The molecular formula is C11H16N+. The highest BCUT2D eigenvalue weighted by Crippen LogP contribution is 2.17. The quantitative estimate of drug-likeness (QED) is 0.473. The zero-order chi connectivity index (χ0) is 9.03. The summed E-state index contributed by atoms with van der Waals surface area (Å²) in [6, 6.07) is 10.5. The molecule has 1 nitrogen and oxygen atoms in total. The van der Waals surface area contributed by atoms with Gasteiger partial charge in [0, 0.05) is 0 Å². The van der Waals surface area contributed by atoms with Gasteiger partial charge in [0.05, 0.1) is 14.1 Å². The van der Waals surface area contributed by atoms with Crippen LogP contribution < -0.4 is 4.48 Å². The van der Waals surface area contributed by atoms with Crippen molar-refractivity contribution in [2.75, 3.05) is 20.6 Å². The minimum atomic E-state index is 0.865. The SMILES string of the molecule is C=CC[N+](C)(C)c1ccccc1. The molecule has 1 heteroatoms. The maximum atomic E-state index is 3.76. The van der Waals surface area contributed by atoms with Crippen LogP contribution in [-0.2, 0) is 0 Å². The molecular weight excluding hydrogens is 146 g/mol. The first-order chi connectivity index (χ1) is 5.67. The van der Waals surface area contributed by atoms with Crippen molar-refractivity contribution in [3.63, 3.8) is 0 Å². The third-order valence-corrected chi connectivity index (χ3v) is 2.04. The van der Waals surface area contributed by atoms with Gasteiger partial charge < -0.3 is 0 Å². The van der Waals surface area contributed by atoms with Gasteiger partial charge in [-0.1, -0.05) is 24.8 Å². The monoisotopic (exact) mass is 162 g/mol. The molecule has 64 valence electrons. The Morgan fingerprint density at radius 3 is 2.33 bits per heavy atom. The van der Waals surface area contributed by atoms with Gasteiger partial charge >= 0.3 is 0 Å². The van der Waals surface area contributed by atoms with E-state index in [0.29, 0.717) is 0 Å². The molecule has 1 aromatic carbocycles. The molecule has 0 spiro atoms. The van der Waals surface area contributed by atoms with Crippen LogP contribution in [0.25, 0.3) is 0 Å². The van der Waals surface area contributed by atoms with Gasteiger partial charge in [-0.25, -0.2) is 0 Å². The van der Waals surface area contributed by atoms with E-state index in [-0.39, 0.29) is 0 Å². The summed E-state index contributed by atoms with van der Waals surface area (Å²) in [5.41, 5.74) is 1.32. The Morgan fingerprint density at radius 2 is 1.83 bits per heavy atom. The van der Waals surface area contributed by atoms with Crippen molar-refractivity contribution < 1.29 is 0 Å². The molecule has 0 atom stereocenters. The summed E-state index contributed by atoms with van der Waals surface area (Å²) in [5, 5.41) is 0. The zero-order valence-corrected chi connectivity index (χ0v) is 7.83. The first-order valence-corrected chi connectivity index (χ1v) is 4.16. The van der Waals surface area contributed by atoms with Crippen LogP contribution in [0.15, 0.2) is 43.0 Å². The summed E-state index contributed by atoms with van der Waals surface area (Å²) in [6.07, 6.45) is 1.95. The number of rotatable bonds is 3. The number of likely N-dealkylation sites (N-methyl/N-ethyl adjacent to an activating group) is 1. The van der Waals surface area contributed by atoms with Crippen molar-refractivity contribution in [2.45, 2.75) is 0 Å². The van der Waals surface area contributed by atoms with Crippen molar-refractivity contribution in [3.8, 4) is 0 Å². The average molecular weight is 162 g/mol. The molecule has 0 unspecified atom stereocenters. The van der Waals surface area contributed by atoms with E-state index in [9.17, 15) is 0 Å². The molecule has 1 aromatic rings. The molecule has 0 aliphatic carbocycles. The van der Waals surface area contributed by atoms with Crippen molar-refractivity contribution in [2.24, 2.45) is 0 Å². The Bertz CT molecular complexity index is 249. The molecule has 0 fully saturated rings. The zero-order valence-electron chi connectivity index (χ0n) is 7.83. The van der Waals surface area contributed by atoms with Crippen LogP contribution in [0.5, 0.6) is 0 Å². The summed E-state index contributed by atoms with van der Waals surface area (Å²) in [5.74, 6) is 0. The number of benzene rings is 1. The lowest BCUT2D eigenvalue weighted by Gasteiger charge is -2.27. The van der Waals surface area contributed by atoms with Crippen molar-refractivity contribution in [1.82, 2.24) is 4.48 Å². The topological polar surface area (TPSA) is 0 Å². The summed E-state index contributed by atoms with van der Waals surface area (Å²) >= 11 is 0. The van der Waals surface area contributed by atoms with Gasteiger partial charge in [-0.05, 0) is 18.2 Å². The third kappa shape index (κ3) is 1.95. The lowest BCUT2D eigenvalue weighted by atomic mass is 10.2. The fourth-order valence-corrected chi connectivity index (χ4v) is 1.26. The number of quaternary nitrogens is 1. The second kappa shape index (κ2) is 3.55. The van der Waals surface area contributed by atoms with Crippen LogP contribution in [0.2, 0.25) is 0 Å². The predicted octanol–water partition coefficient (Wildman–Crippen LogP) is 2.44. The smallest absolute Gasteiger partial charge is 0.132 e. The molecule has 0 bridgehead atoms. The summed E-state index contributed by atoms with van der Waals surface area (Å²) in [7, 11) is 4.36. The Labute approximate surface area is 74.5 Å². The maximum absolute atomic E-state index is 3.76. The average Bonchev–Trinajstić information content (AvgIpc) is 2.06. The van der Waals surface area contributed by atoms with E-state index in [0.717, 1.165) is 11.0 Å². The third-order valence-electron chi connectivity index (χ3n) is 2.04. The summed E-state index contributed by atoms with van der Waals surface area (Å²) < 4.78 is 0.865. The van der Waals surface area contributed by atoms with E-state index < -0.39 is 0 Å². The van der Waals surface area contributed by atoms with Gasteiger partial charge in [-0.15, -0.1) is 0 Å². The second-order valence-corrected chi connectivity index (χ2v) is 3.49. The summed E-state index contributed by atoms with van der Waals surface area (Å²) in [6.45, 7) is 4.72. The highest BCUT2D eigenvalue weighted by Gasteiger charge is 2.15. The fraction of sp³-hybridized carbons (Fsp3) is 0.273. The largest absolute Gasteiger partial charge is 0.293 e. The van der Waals surface area contributed by atoms with Gasteiger partial charge in [0.2, 0.25) is 0 Å². The Hall–Kier alpha value is -1.08. The molecule has 0 aromatic heterocycles. The molecule has 1 rings (SSSR count). The van der Waals surface area contributed by atoms with Gasteiger partial charge in [0.25, 0.3) is 0 Å². The van der Waals surface area contributed by atoms with Crippen LogP contribution in [0.3, 0.4) is 0 Å². The summed E-state index contributed by atoms with van der Waals surface area (Å²) in [4.78, 5) is 0. The van der Waals surface area contributed by atoms with Gasteiger partial charge in [-0.2, -0.15) is 0 Å². The first-order valence-electron chi connectivity index (χ1n) is 4.16. The van der Waals surface area contributed by atoms with Crippen LogP contribution in [0, 0.1) is 0 Å². The molecule has 0 heterocycles. The molecule has 0 N–H and O–H groups in total. The molecule has 0 amide bonds. The lowest BCUT2D eigenvalue weighted by molar-refractivity contribution is 0.442. The standard InChI is InChI=1S/C11H16N/c1-4-10-12(2,3)11-8-6-5-7-9-11/h4-9H,1,10H2,2-3H3/q+1. The lowest BCUT2D eigenvalue weighted by Crippen LogP contribution is -2.40. The number of hydrogen-bond acceptors (Lipinski definition) is 0. The fourth-order valence-electron chi connectivity index (χ4n) is 1.26. The molecule has 0 aliphatic heterocycles. The van der Waals surface area contributed by atoms with E-state index in [1.165, 1.54) is 5.69 Å². The number of nitrogens with zero attached hydrogens (tertiary/aromatic N) is 1. The highest BCUT2D eigenvalue weighted by molar-refractivity contribution is 5.41. The van der Waals surface area contributed by atoms with E-state index in [4.69, 9.17) is 0 Å². The minimum absolute atomic E-state index is 0.865. The Balaban J connectivity index is 2.89. The van der Waals surface area contributed by atoms with Gasteiger partial charge in [0.1, 0.15) is 12.2 Å². The molecule has 0 radical (unpaired) electrons. The highest BCUT2D eigenvalue weighted by atomic mass is 15.3. The Morgan fingerprint density at radius 1 is 1.25 bits per heavy atom.